The summed E-state index contributed by atoms with van der Waals surface area (Å²) in [7, 11) is 0. The zero-order chi connectivity index (χ0) is 16.8. The van der Waals surface area contributed by atoms with Gasteiger partial charge in [0.25, 0.3) is 5.69 Å². The van der Waals surface area contributed by atoms with Crippen LogP contribution in [0.25, 0.3) is 0 Å². The van der Waals surface area contributed by atoms with Crippen molar-refractivity contribution in [1.82, 2.24) is 5.43 Å². The number of rotatable bonds is 4. The van der Waals surface area contributed by atoms with Gasteiger partial charge in [0, 0.05) is 17.3 Å². The molecule has 118 valence electrons. The van der Waals surface area contributed by atoms with Gasteiger partial charge in [0.05, 0.1) is 11.1 Å². The number of nitro benzene ring substituents is 1. The lowest BCUT2D eigenvalue weighted by molar-refractivity contribution is -0.398. The van der Waals surface area contributed by atoms with Gasteiger partial charge in [-0.3, -0.25) is 15.5 Å². The maximum Gasteiger partial charge on any atom is 0.262 e. The van der Waals surface area contributed by atoms with E-state index in [0.29, 0.717) is 11.3 Å². The highest BCUT2D eigenvalue weighted by Gasteiger charge is 2.06. The maximum absolute atomic E-state index is 12.8. The predicted octanol–water partition coefficient (Wildman–Crippen LogP) is 2.13. The third-order valence-electron chi connectivity index (χ3n) is 2.66. The van der Waals surface area contributed by atoms with E-state index in [9.17, 15) is 19.6 Å². The van der Waals surface area contributed by atoms with E-state index in [1.807, 2.05) is 0 Å². The van der Waals surface area contributed by atoms with E-state index >= 15 is 0 Å². The molecule has 0 aliphatic heterocycles. The van der Waals surface area contributed by atoms with E-state index in [4.69, 9.17) is 12.2 Å². The smallest absolute Gasteiger partial charge is 0.262 e. The molecular formula is C14H10FN4O3S-. The molecule has 0 aliphatic carbocycles. The molecule has 23 heavy (non-hydrogen) atoms. The van der Waals surface area contributed by atoms with Crippen molar-refractivity contribution in [3.8, 4) is 5.75 Å². The highest BCUT2D eigenvalue weighted by atomic mass is 32.1. The van der Waals surface area contributed by atoms with Crippen molar-refractivity contribution in [2.75, 3.05) is 5.32 Å². The minimum Gasteiger partial charge on any atom is -0.868 e. The second-order valence-electron chi connectivity index (χ2n) is 4.32. The number of hydrogen-bond acceptors (Lipinski definition) is 5. The summed E-state index contributed by atoms with van der Waals surface area (Å²) in [5, 5.41) is 28.7. The highest BCUT2D eigenvalue weighted by molar-refractivity contribution is 7.80. The summed E-state index contributed by atoms with van der Waals surface area (Å²) < 4.78 is 12.8. The zero-order valence-corrected chi connectivity index (χ0v) is 12.3. The molecule has 0 saturated heterocycles. The number of hydrogen-bond donors (Lipinski definition) is 2. The molecule has 0 heterocycles. The van der Waals surface area contributed by atoms with Crippen LogP contribution in [0.5, 0.6) is 5.75 Å². The fourth-order valence-corrected chi connectivity index (χ4v) is 1.79. The van der Waals surface area contributed by atoms with E-state index in [1.165, 1.54) is 36.5 Å². The molecule has 2 rings (SSSR count). The number of hydrazone groups is 1. The average molecular weight is 333 g/mol. The third-order valence-corrected chi connectivity index (χ3v) is 2.85. The molecule has 2 aromatic rings. The fourth-order valence-electron chi connectivity index (χ4n) is 1.62. The topological polar surface area (TPSA) is 103 Å². The Morgan fingerprint density at radius 3 is 2.61 bits per heavy atom. The zero-order valence-electron chi connectivity index (χ0n) is 11.5. The maximum atomic E-state index is 12.8. The summed E-state index contributed by atoms with van der Waals surface area (Å²) in [6.07, 6.45) is 1.28. The van der Waals surface area contributed by atoms with Crippen LogP contribution in [0.3, 0.4) is 0 Å². The fraction of sp³-hybridized carbons (Fsp3) is 0. The van der Waals surface area contributed by atoms with E-state index in [-0.39, 0.29) is 10.9 Å². The van der Waals surface area contributed by atoms with Gasteiger partial charge >= 0.3 is 0 Å². The first kappa shape index (κ1) is 16.3. The van der Waals surface area contributed by atoms with Gasteiger partial charge in [-0.25, -0.2) is 4.39 Å². The Labute approximate surface area is 135 Å². The molecule has 0 unspecified atom stereocenters. The van der Waals surface area contributed by atoms with Gasteiger partial charge in [0.2, 0.25) is 0 Å². The number of anilines is 1. The first-order valence-corrected chi connectivity index (χ1v) is 6.67. The third kappa shape index (κ3) is 4.71. The normalized spacial score (nSPS) is 10.5. The Hall–Kier alpha value is -3.07. The molecule has 0 amide bonds. The van der Waals surface area contributed by atoms with Crippen LogP contribution in [0.2, 0.25) is 0 Å². The molecule has 2 aromatic carbocycles. The molecule has 0 atom stereocenters. The largest absolute Gasteiger partial charge is 0.868 e. The van der Waals surface area contributed by atoms with Crippen molar-refractivity contribution < 1.29 is 14.4 Å². The van der Waals surface area contributed by atoms with E-state index in [0.717, 1.165) is 12.1 Å². The Kier molecular flexibility index (Phi) is 5.15. The van der Waals surface area contributed by atoms with Gasteiger partial charge in [-0.1, -0.05) is 12.1 Å². The lowest BCUT2D eigenvalue weighted by atomic mass is 10.2. The molecule has 0 aliphatic rings. The highest BCUT2D eigenvalue weighted by Crippen LogP contribution is 2.22. The van der Waals surface area contributed by atoms with Crippen LogP contribution in [-0.4, -0.2) is 16.3 Å². The molecular weight excluding hydrogens is 323 g/mol. The van der Waals surface area contributed by atoms with Crippen LogP contribution in [0.15, 0.2) is 47.6 Å². The van der Waals surface area contributed by atoms with Crippen molar-refractivity contribution in [1.29, 1.82) is 0 Å². The van der Waals surface area contributed by atoms with Crippen molar-refractivity contribution in [3.63, 3.8) is 0 Å². The van der Waals surface area contributed by atoms with Gasteiger partial charge in [-0.2, -0.15) is 5.10 Å². The van der Waals surface area contributed by atoms with Crippen molar-refractivity contribution in [2.45, 2.75) is 0 Å². The summed E-state index contributed by atoms with van der Waals surface area (Å²) in [5.74, 6) is -1.04. The summed E-state index contributed by atoms with van der Waals surface area (Å²) in [5.41, 5.74) is 2.92. The number of benzene rings is 2. The van der Waals surface area contributed by atoms with Crippen molar-refractivity contribution >= 4 is 34.9 Å². The van der Waals surface area contributed by atoms with Crippen molar-refractivity contribution in [3.05, 3.63) is 64.0 Å². The lowest BCUT2D eigenvalue weighted by Crippen LogP contribution is -2.23. The summed E-state index contributed by atoms with van der Waals surface area (Å²) in [6, 6.07) is 9.16. The standard InChI is InChI=1S/C14H11FN4O3S/c15-10-2-4-11(5-3-10)17-14(23)18-16-8-9-1-6-13(20)12(7-9)19(21)22/h1-8,20H,(H2,17,18,23)/p-1/b16-8-. The second kappa shape index (κ2) is 7.27. The number of nitro groups is 1. The average Bonchev–Trinajstić information content (AvgIpc) is 2.51. The van der Waals surface area contributed by atoms with E-state index in [2.05, 4.69) is 15.8 Å². The first-order chi connectivity index (χ1) is 11.0. The Balaban J connectivity index is 1.96. The summed E-state index contributed by atoms with van der Waals surface area (Å²) in [4.78, 5) is 9.91. The van der Waals surface area contributed by atoms with Crippen LogP contribution in [0.4, 0.5) is 15.8 Å². The quantitative estimate of drug-likeness (QED) is 0.384. The van der Waals surface area contributed by atoms with Gasteiger partial charge in [0.15, 0.2) is 5.11 Å². The first-order valence-electron chi connectivity index (χ1n) is 6.27. The molecule has 0 bridgehead atoms. The summed E-state index contributed by atoms with van der Waals surface area (Å²) >= 11 is 4.98. The number of thiocarbonyl (C=S) groups is 1. The molecule has 9 heteroatoms. The van der Waals surface area contributed by atoms with Gasteiger partial charge in [0.1, 0.15) is 5.82 Å². The van der Waals surface area contributed by atoms with Crippen LogP contribution in [0.1, 0.15) is 5.56 Å². The molecule has 7 nitrogen and oxygen atoms in total. The summed E-state index contributed by atoms with van der Waals surface area (Å²) in [6.45, 7) is 0. The van der Waals surface area contributed by atoms with Gasteiger partial charge in [-0.15, -0.1) is 0 Å². The van der Waals surface area contributed by atoms with Gasteiger partial charge < -0.3 is 10.4 Å². The predicted molar refractivity (Wildman–Crippen MR) is 85.9 cm³/mol. The van der Waals surface area contributed by atoms with Gasteiger partial charge in [-0.05, 0) is 42.2 Å². The SMILES string of the molecule is O=[N+]([O-])c1cc(/C=N\NC(=S)Nc2ccc(F)cc2)ccc1[O-]. The molecule has 0 aromatic heterocycles. The Morgan fingerprint density at radius 2 is 1.96 bits per heavy atom. The van der Waals surface area contributed by atoms with Crippen LogP contribution >= 0.6 is 12.2 Å². The van der Waals surface area contributed by atoms with Crippen molar-refractivity contribution in [2.24, 2.45) is 5.10 Å². The van der Waals surface area contributed by atoms with Crippen LogP contribution in [0, 0.1) is 15.9 Å². The Morgan fingerprint density at radius 1 is 1.26 bits per heavy atom. The Bertz CT molecular complexity index is 765. The monoisotopic (exact) mass is 333 g/mol. The molecule has 2 N–H and O–H groups in total. The van der Waals surface area contributed by atoms with Crippen LogP contribution < -0.4 is 15.8 Å². The van der Waals surface area contributed by atoms with Crippen LogP contribution in [-0.2, 0) is 0 Å². The number of nitrogens with zero attached hydrogens (tertiary/aromatic N) is 2. The number of nitrogens with one attached hydrogen (secondary N) is 2. The van der Waals surface area contributed by atoms with E-state index < -0.39 is 16.4 Å². The van der Waals surface area contributed by atoms with E-state index in [1.54, 1.807) is 0 Å². The molecule has 0 saturated carbocycles. The minimum atomic E-state index is -0.756. The molecule has 0 radical (unpaired) electrons. The molecule has 0 fully saturated rings. The molecule has 0 spiro atoms. The lowest BCUT2D eigenvalue weighted by Gasteiger charge is -2.07. The second-order valence-corrected chi connectivity index (χ2v) is 4.72. The number of halogens is 1. The minimum absolute atomic E-state index is 0.155.